The first-order chi connectivity index (χ1) is 12.1. The van der Waals surface area contributed by atoms with Crippen LogP contribution in [0, 0.1) is 0 Å². The first-order valence-corrected chi connectivity index (χ1v) is 9.62. The van der Waals surface area contributed by atoms with Crippen LogP contribution in [0.5, 0.6) is 5.75 Å². The number of amides is 1. The summed E-state index contributed by atoms with van der Waals surface area (Å²) in [5, 5.41) is 8.18. The number of methoxy groups -OCH3 is 1. The van der Waals surface area contributed by atoms with Crippen molar-refractivity contribution in [2.75, 3.05) is 26.0 Å². The predicted octanol–water partition coefficient (Wildman–Crippen LogP) is 3.87. The van der Waals surface area contributed by atoms with Gasteiger partial charge in [0.15, 0.2) is 5.82 Å². The van der Waals surface area contributed by atoms with E-state index in [0.717, 1.165) is 31.5 Å². The third-order valence-electron chi connectivity index (χ3n) is 3.55. The molecule has 1 N–H and O–H groups in total. The van der Waals surface area contributed by atoms with Crippen LogP contribution in [0.15, 0.2) is 23.4 Å². The van der Waals surface area contributed by atoms with Crippen LogP contribution in [0.3, 0.4) is 0 Å². The fourth-order valence-electron chi connectivity index (χ4n) is 2.42. The fraction of sp³-hybridized carbons (Fsp3) is 0.471. The van der Waals surface area contributed by atoms with E-state index in [9.17, 15) is 4.79 Å². The molecule has 1 heterocycles. The first-order valence-electron chi connectivity index (χ1n) is 8.25. The number of nitrogens with zero attached hydrogens (tertiary/aromatic N) is 3. The van der Waals surface area contributed by atoms with E-state index < -0.39 is 0 Å². The lowest BCUT2D eigenvalue weighted by atomic mass is 10.2. The number of carbonyl (C=O) groups is 1. The predicted molar refractivity (Wildman–Crippen MR) is 101 cm³/mol. The Bertz CT molecular complexity index is 702. The minimum Gasteiger partial charge on any atom is -0.496 e. The van der Waals surface area contributed by atoms with Gasteiger partial charge in [0.25, 0.3) is 0 Å². The highest BCUT2D eigenvalue weighted by Crippen LogP contribution is 2.31. The topological polar surface area (TPSA) is 71.1 Å². The van der Waals surface area contributed by atoms with E-state index in [0.29, 0.717) is 27.5 Å². The summed E-state index contributed by atoms with van der Waals surface area (Å²) in [5.74, 6) is 1.66. The number of carbonyl (C=O) groups excluding carboxylic acids is 1. The Hall–Kier alpha value is -1.73. The van der Waals surface area contributed by atoms with E-state index >= 15 is 0 Å². The molecule has 0 radical (unpaired) electrons. The number of hydrogen-bond donors (Lipinski definition) is 1. The number of rotatable bonds is 9. The molecule has 1 aromatic heterocycles. The maximum atomic E-state index is 12.3. The maximum Gasteiger partial charge on any atom is 0.233 e. The molecule has 2 rings (SSSR count). The lowest BCUT2D eigenvalue weighted by Gasteiger charge is -2.20. The molecule has 136 valence electrons. The molecule has 1 aromatic carbocycles. The Morgan fingerprint density at radius 3 is 2.68 bits per heavy atom. The zero-order valence-corrected chi connectivity index (χ0v) is 16.3. The number of thioether (sulfide) groups is 1. The largest absolute Gasteiger partial charge is 0.496 e. The average molecular weight is 383 g/mol. The minimum atomic E-state index is 0.111. The van der Waals surface area contributed by atoms with Crippen LogP contribution in [0.2, 0.25) is 5.02 Å². The second kappa shape index (κ2) is 9.68. The SMILES string of the molecule is CCCN(CCC)C(=O)CSc1n[nH]c(-c2cc(Cl)ccc2OC)n1. The molecule has 1 amide bonds. The third kappa shape index (κ3) is 5.37. The van der Waals surface area contributed by atoms with Crippen LogP contribution in [0.25, 0.3) is 11.4 Å². The fourth-order valence-corrected chi connectivity index (χ4v) is 3.29. The Morgan fingerprint density at radius 2 is 2.04 bits per heavy atom. The number of aromatic nitrogens is 3. The second-order valence-corrected chi connectivity index (χ2v) is 6.86. The van der Waals surface area contributed by atoms with E-state index in [-0.39, 0.29) is 5.91 Å². The smallest absolute Gasteiger partial charge is 0.233 e. The van der Waals surface area contributed by atoms with E-state index in [1.54, 1.807) is 25.3 Å². The van der Waals surface area contributed by atoms with Crippen molar-refractivity contribution >= 4 is 29.3 Å². The molecule has 0 aliphatic heterocycles. The summed E-state index contributed by atoms with van der Waals surface area (Å²) in [4.78, 5) is 18.7. The summed E-state index contributed by atoms with van der Waals surface area (Å²) in [5.41, 5.74) is 0.735. The number of H-pyrrole nitrogens is 1. The molecule has 25 heavy (non-hydrogen) atoms. The van der Waals surface area contributed by atoms with Crippen LogP contribution in [0.1, 0.15) is 26.7 Å². The highest BCUT2D eigenvalue weighted by Gasteiger charge is 2.15. The molecule has 0 atom stereocenters. The molecular weight excluding hydrogens is 360 g/mol. The Morgan fingerprint density at radius 1 is 1.32 bits per heavy atom. The number of aromatic amines is 1. The van der Waals surface area contributed by atoms with Crippen LogP contribution in [0.4, 0.5) is 0 Å². The van der Waals surface area contributed by atoms with Crippen LogP contribution in [-0.4, -0.2) is 51.9 Å². The van der Waals surface area contributed by atoms with Gasteiger partial charge in [-0.15, -0.1) is 5.10 Å². The highest BCUT2D eigenvalue weighted by molar-refractivity contribution is 7.99. The number of hydrogen-bond acceptors (Lipinski definition) is 5. The van der Waals surface area contributed by atoms with E-state index in [1.165, 1.54) is 11.8 Å². The van der Waals surface area contributed by atoms with Gasteiger partial charge >= 0.3 is 0 Å². The summed E-state index contributed by atoms with van der Waals surface area (Å²) >= 11 is 7.38. The van der Waals surface area contributed by atoms with Gasteiger partial charge in [-0.2, -0.15) is 0 Å². The molecule has 0 bridgehead atoms. The normalized spacial score (nSPS) is 10.7. The molecule has 0 saturated carbocycles. The quantitative estimate of drug-likeness (QED) is 0.666. The van der Waals surface area contributed by atoms with E-state index in [1.807, 2.05) is 4.90 Å². The molecule has 0 unspecified atom stereocenters. The Labute approximate surface area is 157 Å². The van der Waals surface area contributed by atoms with Crippen molar-refractivity contribution in [2.24, 2.45) is 0 Å². The number of halogens is 1. The summed E-state index contributed by atoms with van der Waals surface area (Å²) in [6, 6.07) is 5.30. The highest BCUT2D eigenvalue weighted by atomic mass is 35.5. The van der Waals surface area contributed by atoms with Gasteiger partial charge in [-0.25, -0.2) is 4.98 Å². The molecule has 0 spiro atoms. The van der Waals surface area contributed by atoms with E-state index in [2.05, 4.69) is 29.0 Å². The number of ether oxygens (including phenoxy) is 1. The summed E-state index contributed by atoms with van der Waals surface area (Å²) in [7, 11) is 1.59. The summed E-state index contributed by atoms with van der Waals surface area (Å²) < 4.78 is 5.33. The van der Waals surface area contributed by atoms with Gasteiger partial charge in [0.1, 0.15) is 5.75 Å². The van der Waals surface area contributed by atoms with Crippen molar-refractivity contribution in [3.8, 4) is 17.1 Å². The third-order valence-corrected chi connectivity index (χ3v) is 4.61. The van der Waals surface area contributed by atoms with Crippen molar-refractivity contribution in [2.45, 2.75) is 31.8 Å². The molecular formula is C17H23ClN4O2S. The van der Waals surface area contributed by atoms with Gasteiger partial charge < -0.3 is 9.64 Å². The zero-order chi connectivity index (χ0) is 18.2. The van der Waals surface area contributed by atoms with Crippen molar-refractivity contribution in [3.63, 3.8) is 0 Å². The monoisotopic (exact) mass is 382 g/mol. The van der Waals surface area contributed by atoms with Crippen LogP contribution < -0.4 is 4.74 Å². The Balaban J connectivity index is 2.04. The molecule has 2 aromatic rings. The minimum absolute atomic E-state index is 0.111. The zero-order valence-electron chi connectivity index (χ0n) is 14.7. The summed E-state index contributed by atoms with van der Waals surface area (Å²) in [6.45, 7) is 5.71. The van der Waals surface area contributed by atoms with Gasteiger partial charge in [0.2, 0.25) is 11.1 Å². The molecule has 0 fully saturated rings. The van der Waals surface area contributed by atoms with Crippen molar-refractivity contribution in [1.29, 1.82) is 0 Å². The standard InChI is InChI=1S/C17H23ClN4O2S/c1-4-8-22(9-5-2)15(23)11-25-17-19-16(20-21-17)13-10-12(18)6-7-14(13)24-3/h6-7,10H,4-5,8-9,11H2,1-3H3,(H,19,20,21). The average Bonchev–Trinajstić information content (AvgIpc) is 3.08. The number of benzene rings is 1. The lowest BCUT2D eigenvalue weighted by Crippen LogP contribution is -2.33. The lowest BCUT2D eigenvalue weighted by molar-refractivity contribution is -0.128. The van der Waals surface area contributed by atoms with Gasteiger partial charge in [0, 0.05) is 18.1 Å². The van der Waals surface area contributed by atoms with Gasteiger partial charge in [-0.1, -0.05) is 37.2 Å². The first kappa shape index (κ1) is 19.6. The second-order valence-electron chi connectivity index (χ2n) is 5.48. The maximum absolute atomic E-state index is 12.3. The van der Waals surface area contributed by atoms with Crippen molar-refractivity contribution in [3.05, 3.63) is 23.2 Å². The molecule has 0 aliphatic carbocycles. The van der Waals surface area contributed by atoms with Gasteiger partial charge in [-0.3, -0.25) is 9.89 Å². The number of nitrogens with one attached hydrogen (secondary N) is 1. The molecule has 0 saturated heterocycles. The summed E-state index contributed by atoms with van der Waals surface area (Å²) in [6.07, 6.45) is 1.91. The van der Waals surface area contributed by atoms with Crippen LogP contribution >= 0.6 is 23.4 Å². The van der Waals surface area contributed by atoms with Gasteiger partial charge in [-0.05, 0) is 31.0 Å². The Kier molecular flexibility index (Phi) is 7.58. The molecule has 8 heteroatoms. The van der Waals surface area contributed by atoms with Gasteiger partial charge in [0.05, 0.1) is 18.4 Å². The van der Waals surface area contributed by atoms with E-state index in [4.69, 9.17) is 16.3 Å². The molecule has 6 nitrogen and oxygen atoms in total. The van der Waals surface area contributed by atoms with Crippen molar-refractivity contribution < 1.29 is 9.53 Å². The van der Waals surface area contributed by atoms with Crippen molar-refractivity contribution in [1.82, 2.24) is 20.1 Å². The van der Waals surface area contributed by atoms with Crippen LogP contribution in [-0.2, 0) is 4.79 Å². The molecule has 0 aliphatic rings.